The first-order chi connectivity index (χ1) is 16.5. The molecule has 1 atom stereocenters. The van der Waals surface area contributed by atoms with Gasteiger partial charge in [0.1, 0.15) is 6.04 Å². The topological polar surface area (TPSA) is 98.8 Å². The van der Waals surface area contributed by atoms with Crippen molar-refractivity contribution < 1.29 is 19.2 Å². The third-order valence-corrected chi connectivity index (χ3v) is 6.94. The summed E-state index contributed by atoms with van der Waals surface area (Å²) in [6.45, 7) is 3.42. The van der Waals surface area contributed by atoms with E-state index in [9.17, 15) is 19.2 Å². The summed E-state index contributed by atoms with van der Waals surface area (Å²) in [7, 11) is 0. The fraction of sp³-hybridized carbons (Fsp3) is 0.385. The van der Waals surface area contributed by atoms with E-state index in [0.717, 1.165) is 42.9 Å². The molecular weight excluding hydrogens is 432 g/mol. The first-order valence-corrected chi connectivity index (χ1v) is 11.8. The molecule has 2 saturated heterocycles. The lowest BCUT2D eigenvalue weighted by molar-refractivity contribution is -0.136. The molecule has 2 aromatic carbocycles. The van der Waals surface area contributed by atoms with Crippen LogP contribution in [0.15, 0.2) is 48.5 Å². The number of nitrogens with one attached hydrogen (secondary N) is 2. The summed E-state index contributed by atoms with van der Waals surface area (Å²) in [5, 5.41) is 5.65. The van der Waals surface area contributed by atoms with Gasteiger partial charge in [0.15, 0.2) is 0 Å². The van der Waals surface area contributed by atoms with Crippen molar-refractivity contribution in [2.45, 2.75) is 50.9 Å². The van der Waals surface area contributed by atoms with Crippen LogP contribution in [0.1, 0.15) is 57.5 Å². The highest BCUT2D eigenvalue weighted by molar-refractivity contribution is 6.23. The molecule has 3 aliphatic heterocycles. The number of rotatable bonds is 6. The normalized spacial score (nSPS) is 21.2. The van der Waals surface area contributed by atoms with Crippen LogP contribution in [0.25, 0.3) is 0 Å². The van der Waals surface area contributed by atoms with E-state index < -0.39 is 23.8 Å². The largest absolute Gasteiger partial charge is 0.317 e. The van der Waals surface area contributed by atoms with Crippen molar-refractivity contribution in [2.24, 2.45) is 0 Å². The molecule has 0 bridgehead atoms. The van der Waals surface area contributed by atoms with Crippen LogP contribution in [0.3, 0.4) is 0 Å². The third kappa shape index (κ3) is 4.38. The molecule has 2 N–H and O–H groups in total. The molecule has 4 amide bonds. The smallest absolute Gasteiger partial charge is 0.262 e. The first kappa shape index (κ1) is 22.4. The van der Waals surface area contributed by atoms with Crippen LogP contribution in [-0.2, 0) is 22.7 Å². The van der Waals surface area contributed by atoms with Crippen molar-refractivity contribution >= 4 is 23.6 Å². The number of imide groups is 2. The summed E-state index contributed by atoms with van der Waals surface area (Å²) in [4.78, 5) is 53.4. The lowest BCUT2D eigenvalue weighted by Crippen LogP contribution is -2.54. The molecule has 0 aromatic heterocycles. The SMILES string of the molecule is O=C1CCC(N2C(=O)c3ccc(CN(Cc4ccccc4)C4CCNCC4)cc3C2=O)C(=O)N1. The number of fused-ring (bicyclic) bond motifs is 1. The van der Waals surface area contributed by atoms with Crippen LogP contribution in [0.4, 0.5) is 0 Å². The van der Waals surface area contributed by atoms with Crippen LogP contribution >= 0.6 is 0 Å². The summed E-state index contributed by atoms with van der Waals surface area (Å²) < 4.78 is 0. The highest BCUT2D eigenvalue weighted by Gasteiger charge is 2.44. The highest BCUT2D eigenvalue weighted by Crippen LogP contribution is 2.29. The molecular formula is C26H28N4O4. The Kier molecular flexibility index (Phi) is 6.26. The van der Waals surface area contributed by atoms with E-state index in [-0.39, 0.29) is 18.7 Å². The number of carbonyl (C=O) groups excluding carboxylic acids is 4. The zero-order valence-corrected chi connectivity index (χ0v) is 19.0. The van der Waals surface area contributed by atoms with E-state index >= 15 is 0 Å². The zero-order chi connectivity index (χ0) is 23.7. The van der Waals surface area contributed by atoms with Crippen molar-refractivity contribution in [3.05, 3.63) is 70.8 Å². The van der Waals surface area contributed by atoms with Gasteiger partial charge in [0.05, 0.1) is 11.1 Å². The Bertz CT molecular complexity index is 1130. The molecule has 0 saturated carbocycles. The Hall–Kier alpha value is -3.36. The minimum absolute atomic E-state index is 0.111. The number of amides is 4. The molecule has 176 valence electrons. The van der Waals surface area contributed by atoms with Gasteiger partial charge in [0.25, 0.3) is 11.8 Å². The van der Waals surface area contributed by atoms with Crippen LogP contribution in [-0.4, -0.2) is 58.6 Å². The van der Waals surface area contributed by atoms with Gasteiger partial charge >= 0.3 is 0 Å². The molecule has 8 nitrogen and oxygen atoms in total. The molecule has 2 aromatic rings. The minimum Gasteiger partial charge on any atom is -0.317 e. The fourth-order valence-corrected chi connectivity index (χ4v) is 5.15. The number of piperidine rings is 2. The second-order valence-electron chi connectivity index (χ2n) is 9.20. The number of carbonyl (C=O) groups is 4. The van der Waals surface area contributed by atoms with Gasteiger partial charge in [-0.2, -0.15) is 0 Å². The van der Waals surface area contributed by atoms with Crippen molar-refractivity contribution in [3.63, 3.8) is 0 Å². The second-order valence-corrected chi connectivity index (χ2v) is 9.20. The van der Waals surface area contributed by atoms with Gasteiger partial charge in [-0.1, -0.05) is 36.4 Å². The molecule has 0 aliphatic carbocycles. The van der Waals surface area contributed by atoms with Gasteiger partial charge in [-0.15, -0.1) is 0 Å². The Morgan fingerprint density at radius 1 is 0.824 bits per heavy atom. The van der Waals surface area contributed by atoms with Crippen LogP contribution in [0.5, 0.6) is 0 Å². The van der Waals surface area contributed by atoms with Gasteiger partial charge in [0, 0.05) is 25.6 Å². The zero-order valence-electron chi connectivity index (χ0n) is 19.0. The summed E-state index contributed by atoms with van der Waals surface area (Å²) in [5.41, 5.74) is 2.84. The maximum absolute atomic E-state index is 13.2. The Balaban J connectivity index is 1.38. The van der Waals surface area contributed by atoms with Gasteiger partial charge in [-0.05, 0) is 55.6 Å². The monoisotopic (exact) mass is 460 g/mol. The molecule has 8 heteroatoms. The minimum atomic E-state index is -0.946. The first-order valence-electron chi connectivity index (χ1n) is 11.8. The standard InChI is InChI=1S/C26H28N4O4/c31-23-9-8-22(24(32)28-23)30-25(33)20-7-6-18(14-21(20)26(30)34)16-29(19-10-12-27-13-11-19)15-17-4-2-1-3-5-17/h1-7,14,19,22,27H,8-13,15-16H2,(H,28,31,32). The summed E-state index contributed by atoms with van der Waals surface area (Å²) in [6.07, 6.45) is 2.38. The molecule has 1 unspecified atom stereocenters. The molecule has 2 fully saturated rings. The van der Waals surface area contributed by atoms with Crippen molar-refractivity contribution in [1.29, 1.82) is 0 Å². The van der Waals surface area contributed by atoms with E-state index in [0.29, 0.717) is 23.7 Å². The van der Waals surface area contributed by atoms with Crippen LogP contribution in [0.2, 0.25) is 0 Å². The lowest BCUT2D eigenvalue weighted by Gasteiger charge is -2.35. The Morgan fingerprint density at radius 3 is 2.26 bits per heavy atom. The third-order valence-electron chi connectivity index (χ3n) is 6.94. The highest BCUT2D eigenvalue weighted by atomic mass is 16.2. The average molecular weight is 461 g/mol. The predicted octanol–water partition coefficient (Wildman–Crippen LogP) is 1.84. The van der Waals surface area contributed by atoms with Crippen LogP contribution < -0.4 is 10.6 Å². The quantitative estimate of drug-likeness (QED) is 0.639. The number of hydrogen-bond acceptors (Lipinski definition) is 6. The van der Waals surface area contributed by atoms with E-state index in [4.69, 9.17) is 0 Å². The number of nitrogens with zero attached hydrogens (tertiary/aromatic N) is 2. The van der Waals surface area contributed by atoms with E-state index in [1.807, 2.05) is 24.3 Å². The average Bonchev–Trinajstić information content (AvgIpc) is 3.09. The maximum atomic E-state index is 13.2. The predicted molar refractivity (Wildman–Crippen MR) is 125 cm³/mol. The summed E-state index contributed by atoms with van der Waals surface area (Å²) in [6, 6.07) is 15.2. The molecule has 3 heterocycles. The molecule has 0 spiro atoms. The number of hydrogen-bond donors (Lipinski definition) is 2. The fourth-order valence-electron chi connectivity index (χ4n) is 5.15. The van der Waals surface area contributed by atoms with Gasteiger partial charge < -0.3 is 5.32 Å². The van der Waals surface area contributed by atoms with E-state index in [1.165, 1.54) is 5.56 Å². The summed E-state index contributed by atoms with van der Waals surface area (Å²) in [5.74, 6) is -1.91. The van der Waals surface area contributed by atoms with Crippen LogP contribution in [0, 0.1) is 0 Å². The molecule has 34 heavy (non-hydrogen) atoms. The summed E-state index contributed by atoms with van der Waals surface area (Å²) >= 11 is 0. The van der Waals surface area contributed by atoms with Gasteiger partial charge in [-0.25, -0.2) is 0 Å². The maximum Gasteiger partial charge on any atom is 0.262 e. The lowest BCUT2D eigenvalue weighted by atomic mass is 10.0. The van der Waals surface area contributed by atoms with Crippen molar-refractivity contribution in [2.75, 3.05) is 13.1 Å². The number of benzene rings is 2. The van der Waals surface area contributed by atoms with Gasteiger partial charge in [0.2, 0.25) is 11.8 Å². The second kappa shape index (κ2) is 9.48. The molecule has 3 aliphatic rings. The Morgan fingerprint density at radius 2 is 1.53 bits per heavy atom. The van der Waals surface area contributed by atoms with E-state index in [2.05, 4.69) is 27.7 Å². The molecule has 0 radical (unpaired) electrons. The Labute approximate surface area is 198 Å². The molecule has 5 rings (SSSR count). The van der Waals surface area contributed by atoms with Crippen molar-refractivity contribution in [3.8, 4) is 0 Å². The van der Waals surface area contributed by atoms with Gasteiger partial charge in [-0.3, -0.25) is 34.3 Å². The van der Waals surface area contributed by atoms with Crippen molar-refractivity contribution in [1.82, 2.24) is 20.4 Å². The van der Waals surface area contributed by atoms with E-state index in [1.54, 1.807) is 12.1 Å².